The molecule has 0 atom stereocenters. The van der Waals surface area contributed by atoms with Crippen molar-refractivity contribution in [2.24, 2.45) is 0 Å². The zero-order chi connectivity index (χ0) is 22.8. The molecule has 4 N–H and O–H groups in total. The molecule has 0 saturated heterocycles. The number of hydrogen-bond acceptors (Lipinski definition) is 4. The number of amides is 3. The van der Waals surface area contributed by atoms with Crippen LogP contribution in [-0.2, 0) is 16.1 Å². The molecule has 0 fully saturated rings. The number of carbonyl (C=O) groups is 3. The highest BCUT2D eigenvalue weighted by atomic mass is 16.2. The van der Waals surface area contributed by atoms with Crippen LogP contribution in [0.1, 0.15) is 29.3 Å². The summed E-state index contributed by atoms with van der Waals surface area (Å²) < 4.78 is 0. The Kier molecular flexibility index (Phi) is 7.97. The lowest BCUT2D eigenvalue weighted by molar-refractivity contribution is -0.116. The average molecular weight is 431 g/mol. The molecule has 0 bridgehead atoms. The summed E-state index contributed by atoms with van der Waals surface area (Å²) in [5.74, 6) is -0.439. The molecule has 3 aromatic rings. The Bertz CT molecular complexity index is 1050. The lowest BCUT2D eigenvalue weighted by Crippen LogP contribution is -2.23. The number of nitrogens with one attached hydrogen (secondary N) is 4. The fourth-order valence-corrected chi connectivity index (χ4v) is 2.89. The predicted molar refractivity (Wildman–Crippen MR) is 127 cm³/mol. The Morgan fingerprint density at radius 1 is 0.688 bits per heavy atom. The van der Waals surface area contributed by atoms with E-state index >= 15 is 0 Å². The molecule has 7 nitrogen and oxygen atoms in total. The largest absolute Gasteiger partial charge is 0.376 e. The van der Waals surface area contributed by atoms with E-state index in [0.29, 0.717) is 29.9 Å². The topological polar surface area (TPSA) is 99.3 Å². The molecule has 164 valence electrons. The number of hydrogen-bond donors (Lipinski definition) is 4. The molecule has 0 unspecified atom stereocenters. The smallest absolute Gasteiger partial charge is 0.251 e. The summed E-state index contributed by atoms with van der Waals surface area (Å²) in [6.45, 7) is 2.33. The van der Waals surface area contributed by atoms with Gasteiger partial charge in [-0.1, -0.05) is 37.3 Å². The van der Waals surface area contributed by atoms with Crippen LogP contribution in [0.2, 0.25) is 0 Å². The summed E-state index contributed by atoms with van der Waals surface area (Å²) in [7, 11) is 0. The van der Waals surface area contributed by atoms with Gasteiger partial charge in [-0.2, -0.15) is 0 Å². The Hall–Kier alpha value is -4.13. The summed E-state index contributed by atoms with van der Waals surface area (Å²) >= 11 is 0. The van der Waals surface area contributed by atoms with Gasteiger partial charge in [-0.3, -0.25) is 14.4 Å². The first-order chi connectivity index (χ1) is 15.5. The van der Waals surface area contributed by atoms with Crippen molar-refractivity contribution in [1.29, 1.82) is 0 Å². The van der Waals surface area contributed by atoms with Gasteiger partial charge in [0, 0.05) is 35.6 Å². The van der Waals surface area contributed by atoms with Crippen molar-refractivity contribution in [2.75, 3.05) is 22.5 Å². The van der Waals surface area contributed by atoms with Crippen LogP contribution in [0, 0.1) is 0 Å². The van der Waals surface area contributed by atoms with Crippen molar-refractivity contribution in [3.63, 3.8) is 0 Å². The highest BCUT2D eigenvalue weighted by Crippen LogP contribution is 2.14. The molecule has 0 saturated carbocycles. The van der Waals surface area contributed by atoms with Crippen LogP contribution in [0.4, 0.5) is 17.1 Å². The summed E-state index contributed by atoms with van der Waals surface area (Å²) in [6, 6.07) is 23.6. The molecule has 7 heteroatoms. The van der Waals surface area contributed by atoms with Crippen molar-refractivity contribution >= 4 is 34.8 Å². The molecular formula is C25H26N4O3. The minimum atomic E-state index is -0.213. The first-order valence-corrected chi connectivity index (χ1v) is 10.4. The minimum absolute atomic E-state index is 0.0511. The fourth-order valence-electron chi connectivity index (χ4n) is 2.89. The number of benzene rings is 3. The van der Waals surface area contributed by atoms with Crippen molar-refractivity contribution in [2.45, 2.75) is 19.9 Å². The molecule has 3 amide bonds. The van der Waals surface area contributed by atoms with Gasteiger partial charge in [0.25, 0.3) is 5.91 Å². The van der Waals surface area contributed by atoms with E-state index in [9.17, 15) is 14.4 Å². The van der Waals surface area contributed by atoms with E-state index in [1.165, 1.54) is 0 Å². The molecule has 3 rings (SSSR count). The lowest BCUT2D eigenvalue weighted by atomic mass is 10.1. The fraction of sp³-hybridized carbons (Fsp3) is 0.160. The van der Waals surface area contributed by atoms with Gasteiger partial charge >= 0.3 is 0 Å². The number of anilines is 3. The maximum Gasteiger partial charge on any atom is 0.251 e. The Balaban J connectivity index is 1.44. The first-order valence-electron chi connectivity index (χ1n) is 10.4. The number of carbonyl (C=O) groups excluding carboxylic acids is 3. The predicted octanol–water partition coefficient (Wildman–Crippen LogP) is 4.02. The van der Waals surface area contributed by atoms with Gasteiger partial charge in [-0.25, -0.2) is 0 Å². The molecule has 0 aliphatic carbocycles. The third-order valence-corrected chi connectivity index (χ3v) is 4.67. The lowest BCUT2D eigenvalue weighted by Gasteiger charge is -2.10. The summed E-state index contributed by atoms with van der Waals surface area (Å²) in [6.07, 6.45) is 0.416. The van der Waals surface area contributed by atoms with E-state index in [1.54, 1.807) is 55.5 Å². The van der Waals surface area contributed by atoms with Gasteiger partial charge in [-0.05, 0) is 54.1 Å². The zero-order valence-corrected chi connectivity index (χ0v) is 17.9. The van der Waals surface area contributed by atoms with Crippen LogP contribution in [0.5, 0.6) is 0 Å². The number of rotatable bonds is 9. The van der Waals surface area contributed by atoms with E-state index < -0.39 is 0 Å². The van der Waals surface area contributed by atoms with Gasteiger partial charge in [0.05, 0.1) is 6.54 Å². The standard InChI is InChI=1S/C25H26N4O3/c1-2-23(30)28-22-14-12-20(13-15-22)26-17-24(31)29-21-10-8-19(9-11-21)25(32)27-16-18-6-4-3-5-7-18/h3-15,26H,2,16-17H2,1H3,(H,27,32)(H,28,30)(H,29,31). The maximum absolute atomic E-state index is 12.3. The summed E-state index contributed by atoms with van der Waals surface area (Å²) in [5, 5.41) is 11.5. The molecule has 0 radical (unpaired) electrons. The molecule has 0 aliphatic rings. The molecule has 0 aliphatic heterocycles. The van der Waals surface area contributed by atoms with Crippen LogP contribution in [0.3, 0.4) is 0 Å². The molecule has 0 heterocycles. The van der Waals surface area contributed by atoms with Gasteiger partial charge in [-0.15, -0.1) is 0 Å². The van der Waals surface area contributed by atoms with Gasteiger partial charge in [0.2, 0.25) is 11.8 Å². The second-order valence-corrected chi connectivity index (χ2v) is 7.13. The minimum Gasteiger partial charge on any atom is -0.376 e. The second kappa shape index (κ2) is 11.3. The maximum atomic E-state index is 12.3. The van der Waals surface area contributed by atoms with Gasteiger partial charge in [0.1, 0.15) is 0 Å². The van der Waals surface area contributed by atoms with Gasteiger partial charge in [0.15, 0.2) is 0 Å². The second-order valence-electron chi connectivity index (χ2n) is 7.13. The van der Waals surface area contributed by atoms with Crippen LogP contribution in [0.15, 0.2) is 78.9 Å². The van der Waals surface area contributed by atoms with Gasteiger partial charge < -0.3 is 21.3 Å². The normalized spacial score (nSPS) is 10.2. The van der Waals surface area contributed by atoms with E-state index in [-0.39, 0.29) is 24.3 Å². The molecule has 3 aromatic carbocycles. The molecule has 0 aromatic heterocycles. The average Bonchev–Trinajstić information content (AvgIpc) is 2.83. The quantitative estimate of drug-likeness (QED) is 0.412. The summed E-state index contributed by atoms with van der Waals surface area (Å²) in [5.41, 5.74) is 3.62. The van der Waals surface area contributed by atoms with E-state index in [2.05, 4.69) is 21.3 Å². The Labute approximate surface area is 187 Å². The van der Waals surface area contributed by atoms with Crippen molar-refractivity contribution < 1.29 is 14.4 Å². The van der Waals surface area contributed by atoms with Crippen molar-refractivity contribution in [1.82, 2.24) is 5.32 Å². The molecular weight excluding hydrogens is 404 g/mol. The monoisotopic (exact) mass is 430 g/mol. The van der Waals surface area contributed by atoms with E-state index in [1.807, 2.05) is 30.3 Å². The van der Waals surface area contributed by atoms with E-state index in [4.69, 9.17) is 0 Å². The third-order valence-electron chi connectivity index (χ3n) is 4.67. The van der Waals surface area contributed by atoms with Crippen LogP contribution < -0.4 is 21.3 Å². The van der Waals surface area contributed by atoms with Crippen LogP contribution >= 0.6 is 0 Å². The Morgan fingerprint density at radius 3 is 1.88 bits per heavy atom. The zero-order valence-electron chi connectivity index (χ0n) is 17.9. The van der Waals surface area contributed by atoms with Crippen molar-refractivity contribution in [3.8, 4) is 0 Å². The highest BCUT2D eigenvalue weighted by molar-refractivity contribution is 5.96. The van der Waals surface area contributed by atoms with Crippen LogP contribution in [-0.4, -0.2) is 24.3 Å². The van der Waals surface area contributed by atoms with Crippen LogP contribution in [0.25, 0.3) is 0 Å². The van der Waals surface area contributed by atoms with E-state index in [0.717, 1.165) is 11.3 Å². The first kappa shape index (κ1) is 22.6. The molecule has 32 heavy (non-hydrogen) atoms. The molecule has 0 spiro atoms. The Morgan fingerprint density at radius 2 is 1.25 bits per heavy atom. The summed E-state index contributed by atoms with van der Waals surface area (Å²) in [4.78, 5) is 35.9. The van der Waals surface area contributed by atoms with Crippen molar-refractivity contribution in [3.05, 3.63) is 90.0 Å². The highest BCUT2D eigenvalue weighted by Gasteiger charge is 2.07. The SMILES string of the molecule is CCC(=O)Nc1ccc(NCC(=O)Nc2ccc(C(=O)NCc3ccccc3)cc2)cc1. The third kappa shape index (κ3) is 6.98.